The molecule has 0 spiro atoms. The second-order valence-corrected chi connectivity index (χ2v) is 6.56. The number of rotatable bonds is 4. The predicted molar refractivity (Wildman–Crippen MR) is 92.8 cm³/mol. The molecule has 0 aromatic carbocycles. The van der Waals surface area contributed by atoms with Crippen molar-refractivity contribution in [1.29, 1.82) is 5.26 Å². The van der Waals surface area contributed by atoms with Gasteiger partial charge in [-0.3, -0.25) is 9.69 Å². The van der Waals surface area contributed by atoms with Crippen LogP contribution in [0, 0.1) is 25.2 Å². The van der Waals surface area contributed by atoms with Crippen molar-refractivity contribution in [3.63, 3.8) is 0 Å². The topological polar surface area (TPSA) is 85.2 Å². The van der Waals surface area contributed by atoms with E-state index in [0.29, 0.717) is 17.9 Å². The van der Waals surface area contributed by atoms with Crippen LogP contribution in [0.2, 0.25) is 0 Å². The highest BCUT2D eigenvalue weighted by Gasteiger charge is 2.22. The number of aromatic nitrogens is 2. The third kappa shape index (κ3) is 4.42. The molecule has 0 atom stereocenters. The molecule has 0 saturated carbocycles. The molecule has 7 nitrogen and oxygen atoms in total. The van der Waals surface area contributed by atoms with Crippen molar-refractivity contribution < 1.29 is 4.79 Å². The van der Waals surface area contributed by atoms with Gasteiger partial charge in [0.05, 0.1) is 12.2 Å². The average Bonchev–Trinajstić information content (AvgIpc) is 2.74. The molecule has 1 aliphatic heterocycles. The Hall–Kier alpha value is -2.20. The van der Waals surface area contributed by atoms with Crippen molar-refractivity contribution in [3.8, 4) is 6.07 Å². The first kappa shape index (κ1) is 18.1. The van der Waals surface area contributed by atoms with E-state index in [1.807, 2.05) is 27.7 Å². The van der Waals surface area contributed by atoms with Gasteiger partial charge in [-0.25, -0.2) is 0 Å². The highest BCUT2D eigenvalue weighted by molar-refractivity contribution is 5.78. The van der Waals surface area contributed by atoms with E-state index in [-0.39, 0.29) is 11.9 Å². The minimum absolute atomic E-state index is 0.0575. The first-order chi connectivity index (χ1) is 11.4. The van der Waals surface area contributed by atoms with Gasteiger partial charge in [-0.1, -0.05) is 0 Å². The van der Waals surface area contributed by atoms with Crippen LogP contribution in [-0.2, 0) is 4.79 Å². The van der Waals surface area contributed by atoms with E-state index in [1.165, 1.54) is 0 Å². The summed E-state index contributed by atoms with van der Waals surface area (Å²) in [6.45, 7) is 11.3. The molecule has 130 valence electrons. The van der Waals surface area contributed by atoms with Crippen LogP contribution in [0.4, 0.5) is 5.82 Å². The van der Waals surface area contributed by atoms with E-state index < -0.39 is 0 Å². The first-order valence-electron chi connectivity index (χ1n) is 8.43. The second-order valence-electron chi connectivity index (χ2n) is 6.56. The van der Waals surface area contributed by atoms with Gasteiger partial charge in [0, 0.05) is 32.2 Å². The summed E-state index contributed by atoms with van der Waals surface area (Å²) in [7, 11) is 0. The number of nitriles is 1. The molecular formula is C17H26N6O. The third-order valence-corrected chi connectivity index (χ3v) is 4.25. The fraction of sp³-hybridized carbons (Fsp3) is 0.647. The number of hydrogen-bond acceptors (Lipinski definition) is 6. The molecule has 7 heteroatoms. The Labute approximate surface area is 143 Å². The standard InChI is InChI=1S/C17H26N6O/c1-12(2)19-16(24)11-22-6-5-7-23(9-8-22)17-15(10-18)13(3)14(4)20-21-17/h12H,5-9,11H2,1-4H3,(H,19,24). The Kier molecular flexibility index (Phi) is 6.10. The lowest BCUT2D eigenvalue weighted by atomic mass is 10.1. The van der Waals surface area contributed by atoms with Crippen molar-refractivity contribution in [2.75, 3.05) is 37.6 Å². The lowest BCUT2D eigenvalue weighted by Gasteiger charge is -2.23. The SMILES string of the molecule is Cc1nnc(N2CCCN(CC(=O)NC(C)C)CC2)c(C#N)c1C. The first-order valence-corrected chi connectivity index (χ1v) is 8.43. The zero-order valence-corrected chi connectivity index (χ0v) is 15.0. The molecule has 1 aromatic heterocycles. The van der Waals surface area contributed by atoms with Gasteiger partial charge < -0.3 is 10.2 Å². The highest BCUT2D eigenvalue weighted by atomic mass is 16.2. The molecule has 0 bridgehead atoms. The molecule has 1 aliphatic rings. The minimum Gasteiger partial charge on any atom is -0.353 e. The van der Waals surface area contributed by atoms with Gasteiger partial charge in [-0.2, -0.15) is 10.4 Å². The van der Waals surface area contributed by atoms with Gasteiger partial charge in [0.1, 0.15) is 11.6 Å². The van der Waals surface area contributed by atoms with E-state index in [9.17, 15) is 10.1 Å². The molecular weight excluding hydrogens is 304 g/mol. The second kappa shape index (κ2) is 8.06. The molecule has 1 amide bonds. The maximum absolute atomic E-state index is 11.9. The van der Waals surface area contributed by atoms with Gasteiger partial charge >= 0.3 is 0 Å². The Morgan fingerprint density at radius 2 is 2.00 bits per heavy atom. The van der Waals surface area contributed by atoms with Gasteiger partial charge in [0.25, 0.3) is 0 Å². The highest BCUT2D eigenvalue weighted by Crippen LogP contribution is 2.22. The molecule has 1 aromatic rings. The van der Waals surface area contributed by atoms with E-state index in [0.717, 1.165) is 43.9 Å². The number of carbonyl (C=O) groups is 1. The zero-order chi connectivity index (χ0) is 17.7. The summed E-state index contributed by atoms with van der Waals surface area (Å²) in [4.78, 5) is 16.2. The largest absolute Gasteiger partial charge is 0.353 e. The van der Waals surface area contributed by atoms with E-state index in [1.54, 1.807) is 0 Å². The monoisotopic (exact) mass is 330 g/mol. The van der Waals surface area contributed by atoms with Gasteiger partial charge in [0.15, 0.2) is 5.82 Å². The number of nitrogens with zero attached hydrogens (tertiary/aromatic N) is 5. The molecule has 1 N–H and O–H groups in total. The van der Waals surface area contributed by atoms with Crippen molar-refractivity contribution >= 4 is 11.7 Å². The lowest BCUT2D eigenvalue weighted by molar-refractivity contribution is -0.122. The zero-order valence-electron chi connectivity index (χ0n) is 15.0. The van der Waals surface area contributed by atoms with Crippen LogP contribution >= 0.6 is 0 Å². The molecule has 1 fully saturated rings. The van der Waals surface area contributed by atoms with Crippen molar-refractivity contribution in [1.82, 2.24) is 20.4 Å². The van der Waals surface area contributed by atoms with Gasteiger partial charge in [-0.15, -0.1) is 5.10 Å². The lowest BCUT2D eigenvalue weighted by Crippen LogP contribution is -2.41. The van der Waals surface area contributed by atoms with Crippen LogP contribution < -0.4 is 10.2 Å². The summed E-state index contributed by atoms with van der Waals surface area (Å²) in [6.07, 6.45) is 0.925. The Morgan fingerprint density at radius 3 is 2.67 bits per heavy atom. The van der Waals surface area contributed by atoms with Gasteiger partial charge in [-0.05, 0) is 39.7 Å². The van der Waals surface area contributed by atoms with Crippen LogP contribution in [-0.4, -0.2) is 59.8 Å². The number of aryl methyl sites for hydroxylation is 1. The summed E-state index contributed by atoms with van der Waals surface area (Å²) < 4.78 is 0. The van der Waals surface area contributed by atoms with E-state index in [4.69, 9.17) is 0 Å². The maximum Gasteiger partial charge on any atom is 0.234 e. The third-order valence-electron chi connectivity index (χ3n) is 4.25. The van der Waals surface area contributed by atoms with Gasteiger partial charge in [0.2, 0.25) is 5.91 Å². The summed E-state index contributed by atoms with van der Waals surface area (Å²) in [5, 5.41) is 20.8. The van der Waals surface area contributed by atoms with E-state index in [2.05, 4.69) is 31.4 Å². The van der Waals surface area contributed by atoms with Crippen LogP contribution in [0.5, 0.6) is 0 Å². The molecule has 1 saturated heterocycles. The minimum atomic E-state index is 0.0575. The fourth-order valence-corrected chi connectivity index (χ4v) is 2.86. The number of hydrogen-bond donors (Lipinski definition) is 1. The number of amides is 1. The smallest absolute Gasteiger partial charge is 0.234 e. The van der Waals surface area contributed by atoms with Crippen LogP contribution in [0.3, 0.4) is 0 Å². The number of carbonyl (C=O) groups excluding carboxylic acids is 1. The quantitative estimate of drug-likeness (QED) is 0.886. The average molecular weight is 330 g/mol. The summed E-state index contributed by atoms with van der Waals surface area (Å²) in [5.74, 6) is 0.719. The Morgan fingerprint density at radius 1 is 1.25 bits per heavy atom. The Bertz CT molecular complexity index is 637. The molecule has 0 unspecified atom stereocenters. The maximum atomic E-state index is 11.9. The van der Waals surface area contributed by atoms with Crippen molar-refractivity contribution in [2.24, 2.45) is 0 Å². The normalized spacial score (nSPS) is 15.9. The van der Waals surface area contributed by atoms with E-state index >= 15 is 0 Å². The summed E-state index contributed by atoms with van der Waals surface area (Å²) in [6, 6.07) is 2.42. The predicted octanol–water partition coefficient (Wildman–Crippen LogP) is 1.00. The summed E-state index contributed by atoms with van der Waals surface area (Å²) >= 11 is 0. The molecule has 0 aliphatic carbocycles. The molecule has 2 rings (SSSR count). The Balaban J connectivity index is 2.05. The van der Waals surface area contributed by atoms with Crippen LogP contribution in [0.15, 0.2) is 0 Å². The molecule has 0 radical (unpaired) electrons. The molecule has 24 heavy (non-hydrogen) atoms. The molecule has 2 heterocycles. The van der Waals surface area contributed by atoms with Crippen molar-refractivity contribution in [2.45, 2.75) is 40.2 Å². The van der Waals surface area contributed by atoms with Crippen LogP contribution in [0.25, 0.3) is 0 Å². The fourth-order valence-electron chi connectivity index (χ4n) is 2.86. The van der Waals surface area contributed by atoms with Crippen LogP contribution in [0.1, 0.15) is 37.1 Å². The number of nitrogens with one attached hydrogen (secondary N) is 1. The van der Waals surface area contributed by atoms with Crippen molar-refractivity contribution in [3.05, 3.63) is 16.8 Å². The summed E-state index contributed by atoms with van der Waals surface area (Å²) in [5.41, 5.74) is 2.28. The number of anilines is 1.